The summed E-state index contributed by atoms with van der Waals surface area (Å²) in [5.41, 5.74) is 7.13. The fourth-order valence-corrected chi connectivity index (χ4v) is 2.96. The summed E-state index contributed by atoms with van der Waals surface area (Å²) in [5.74, 6) is 0.923. The Bertz CT molecular complexity index is 412. The Morgan fingerprint density at radius 3 is 2.81 bits per heavy atom. The first-order chi connectivity index (χ1) is 7.74. The van der Waals surface area contributed by atoms with Crippen molar-refractivity contribution in [2.75, 3.05) is 11.4 Å². The van der Waals surface area contributed by atoms with Gasteiger partial charge in [0, 0.05) is 12.6 Å². The fraction of sp³-hybridized carbons (Fsp3) is 0.500. The molecule has 84 valence electrons. The minimum absolute atomic E-state index is 0.0366. The number of piperidine rings is 1. The van der Waals surface area contributed by atoms with Crippen molar-refractivity contribution in [3.05, 3.63) is 24.0 Å². The summed E-state index contributed by atoms with van der Waals surface area (Å²) in [7, 11) is 0. The lowest BCUT2D eigenvalue weighted by Gasteiger charge is -2.28. The smallest absolute Gasteiger partial charge is 0.141 e. The van der Waals surface area contributed by atoms with Crippen molar-refractivity contribution in [3.63, 3.8) is 0 Å². The molecule has 2 atom stereocenters. The van der Waals surface area contributed by atoms with Gasteiger partial charge in [-0.1, -0.05) is 0 Å². The Labute approximate surface area is 95.0 Å². The zero-order valence-corrected chi connectivity index (χ0v) is 9.19. The topological polar surface area (TPSA) is 66.0 Å². The molecule has 1 saturated heterocycles. The Hall–Kier alpha value is -1.58. The first-order valence-corrected chi connectivity index (χ1v) is 5.81. The molecule has 0 radical (unpaired) electrons. The molecular weight excluding hydrogens is 200 g/mol. The highest BCUT2D eigenvalue weighted by Gasteiger charge is 2.37. The van der Waals surface area contributed by atoms with Gasteiger partial charge in [-0.2, -0.15) is 0 Å². The predicted octanol–water partition coefficient (Wildman–Crippen LogP) is 1.35. The van der Waals surface area contributed by atoms with Crippen LogP contribution in [0.5, 0.6) is 0 Å². The van der Waals surface area contributed by atoms with Gasteiger partial charge in [-0.3, -0.25) is 10.4 Å². The van der Waals surface area contributed by atoms with E-state index >= 15 is 0 Å². The van der Waals surface area contributed by atoms with E-state index in [0.717, 1.165) is 12.0 Å². The van der Waals surface area contributed by atoms with Crippen molar-refractivity contribution < 1.29 is 0 Å². The van der Waals surface area contributed by atoms with Crippen LogP contribution in [0.15, 0.2) is 18.3 Å². The molecule has 2 aliphatic rings. The molecule has 16 heavy (non-hydrogen) atoms. The molecule has 4 nitrogen and oxygen atoms in total. The van der Waals surface area contributed by atoms with E-state index in [1.54, 1.807) is 0 Å². The van der Waals surface area contributed by atoms with Crippen molar-refractivity contribution in [2.45, 2.75) is 25.3 Å². The van der Waals surface area contributed by atoms with Gasteiger partial charge in [0.15, 0.2) is 0 Å². The predicted molar refractivity (Wildman–Crippen MR) is 63.7 cm³/mol. The minimum atomic E-state index is 0.0366. The molecule has 2 bridgehead atoms. The van der Waals surface area contributed by atoms with Crippen molar-refractivity contribution in [1.82, 2.24) is 4.98 Å². The summed E-state index contributed by atoms with van der Waals surface area (Å²) in [6.07, 6.45) is 5.89. The third-order valence-electron chi connectivity index (χ3n) is 3.76. The lowest BCUT2D eigenvalue weighted by Crippen LogP contribution is -2.32. The average Bonchev–Trinajstić information content (AvgIpc) is 2.91. The van der Waals surface area contributed by atoms with Crippen molar-refractivity contribution in [3.8, 4) is 0 Å². The number of amidine groups is 1. The highest BCUT2D eigenvalue weighted by molar-refractivity contribution is 5.93. The molecule has 4 heteroatoms. The van der Waals surface area contributed by atoms with E-state index in [2.05, 4.69) is 9.88 Å². The van der Waals surface area contributed by atoms with Crippen LogP contribution < -0.4 is 10.6 Å². The third kappa shape index (κ3) is 1.45. The summed E-state index contributed by atoms with van der Waals surface area (Å²) in [6.45, 7) is 1.17. The molecule has 2 unspecified atom stereocenters. The second-order valence-electron chi connectivity index (χ2n) is 4.80. The highest BCUT2D eigenvalue weighted by Crippen LogP contribution is 2.39. The normalized spacial score (nSPS) is 27.4. The van der Waals surface area contributed by atoms with Gasteiger partial charge in [0.2, 0.25) is 0 Å². The molecule has 2 heterocycles. The van der Waals surface area contributed by atoms with Crippen LogP contribution in [0.25, 0.3) is 0 Å². The summed E-state index contributed by atoms with van der Waals surface area (Å²) < 4.78 is 0. The van der Waals surface area contributed by atoms with E-state index in [1.807, 2.05) is 18.3 Å². The number of nitrogens with one attached hydrogen (secondary N) is 1. The Morgan fingerprint density at radius 2 is 2.31 bits per heavy atom. The van der Waals surface area contributed by atoms with E-state index in [0.29, 0.717) is 5.69 Å². The van der Waals surface area contributed by atoms with Crippen molar-refractivity contribution in [1.29, 1.82) is 5.41 Å². The second kappa shape index (κ2) is 3.47. The SMILES string of the molecule is N=C(N)c1ccc(N2CC3CCC2C3)cn1. The molecule has 3 rings (SSSR count). The van der Waals surface area contributed by atoms with Gasteiger partial charge in [0.1, 0.15) is 11.5 Å². The standard InChI is InChI=1S/C12H16N4/c13-12(14)11-4-3-10(6-15-11)16-7-8-1-2-9(16)5-8/h3-4,6,8-9H,1-2,5,7H2,(H3,13,14). The summed E-state index contributed by atoms with van der Waals surface area (Å²) in [4.78, 5) is 6.66. The first-order valence-electron chi connectivity index (χ1n) is 5.81. The largest absolute Gasteiger partial charge is 0.382 e. The van der Waals surface area contributed by atoms with Gasteiger partial charge in [-0.25, -0.2) is 0 Å². The number of aromatic nitrogens is 1. The molecule has 0 aromatic carbocycles. The third-order valence-corrected chi connectivity index (χ3v) is 3.76. The summed E-state index contributed by atoms with van der Waals surface area (Å²) >= 11 is 0. The fourth-order valence-electron chi connectivity index (χ4n) is 2.96. The first kappa shape index (κ1) is 9.63. The Balaban J connectivity index is 1.82. The molecule has 1 saturated carbocycles. The van der Waals surface area contributed by atoms with Crippen molar-refractivity contribution >= 4 is 11.5 Å². The molecular formula is C12H16N4. The van der Waals surface area contributed by atoms with Gasteiger partial charge >= 0.3 is 0 Å². The molecule has 0 spiro atoms. The minimum Gasteiger partial charge on any atom is -0.382 e. The molecule has 1 aromatic rings. The Morgan fingerprint density at radius 1 is 1.44 bits per heavy atom. The lowest BCUT2D eigenvalue weighted by molar-refractivity contribution is 0.553. The van der Waals surface area contributed by atoms with E-state index in [1.165, 1.54) is 31.5 Å². The van der Waals surface area contributed by atoms with E-state index in [-0.39, 0.29) is 5.84 Å². The number of hydrogen-bond acceptors (Lipinski definition) is 3. The number of nitrogen functional groups attached to an aromatic ring is 1. The summed E-state index contributed by atoms with van der Waals surface area (Å²) in [6, 6.07) is 4.59. The molecule has 1 aliphatic carbocycles. The van der Waals surface area contributed by atoms with Crippen LogP contribution >= 0.6 is 0 Å². The monoisotopic (exact) mass is 216 g/mol. The average molecular weight is 216 g/mol. The van der Waals surface area contributed by atoms with E-state index in [9.17, 15) is 0 Å². The van der Waals surface area contributed by atoms with Crippen LogP contribution in [-0.4, -0.2) is 23.4 Å². The maximum atomic E-state index is 7.30. The van der Waals surface area contributed by atoms with Crippen LogP contribution in [0.4, 0.5) is 5.69 Å². The second-order valence-corrected chi connectivity index (χ2v) is 4.80. The van der Waals surface area contributed by atoms with Gasteiger partial charge in [-0.05, 0) is 37.3 Å². The van der Waals surface area contributed by atoms with E-state index in [4.69, 9.17) is 11.1 Å². The molecule has 2 fully saturated rings. The van der Waals surface area contributed by atoms with Gasteiger partial charge in [0.25, 0.3) is 0 Å². The number of anilines is 1. The van der Waals surface area contributed by atoms with Crippen molar-refractivity contribution in [2.24, 2.45) is 11.7 Å². The van der Waals surface area contributed by atoms with Crippen LogP contribution in [0.2, 0.25) is 0 Å². The van der Waals surface area contributed by atoms with Crippen LogP contribution in [0, 0.1) is 11.3 Å². The number of pyridine rings is 1. The molecule has 3 N–H and O–H groups in total. The maximum absolute atomic E-state index is 7.30. The molecule has 1 aromatic heterocycles. The van der Waals surface area contributed by atoms with Gasteiger partial charge in [-0.15, -0.1) is 0 Å². The van der Waals surface area contributed by atoms with Gasteiger partial charge in [0.05, 0.1) is 11.9 Å². The van der Waals surface area contributed by atoms with Crippen LogP contribution in [0.3, 0.4) is 0 Å². The number of nitrogens with zero attached hydrogens (tertiary/aromatic N) is 2. The zero-order valence-electron chi connectivity index (χ0n) is 9.19. The Kier molecular flexibility index (Phi) is 2.09. The van der Waals surface area contributed by atoms with E-state index < -0.39 is 0 Å². The molecule has 1 aliphatic heterocycles. The van der Waals surface area contributed by atoms with Crippen LogP contribution in [0.1, 0.15) is 25.0 Å². The lowest BCUT2D eigenvalue weighted by atomic mass is 10.1. The number of hydrogen-bond donors (Lipinski definition) is 2. The number of nitrogens with two attached hydrogens (primary N) is 1. The number of fused-ring (bicyclic) bond motifs is 2. The van der Waals surface area contributed by atoms with Gasteiger partial charge < -0.3 is 10.6 Å². The quantitative estimate of drug-likeness (QED) is 0.579. The molecule has 0 amide bonds. The maximum Gasteiger partial charge on any atom is 0.141 e. The number of rotatable bonds is 2. The highest BCUT2D eigenvalue weighted by atomic mass is 15.2. The zero-order chi connectivity index (χ0) is 11.1. The summed E-state index contributed by atoms with van der Waals surface area (Å²) in [5, 5.41) is 7.30. The van der Waals surface area contributed by atoms with Crippen LogP contribution in [-0.2, 0) is 0 Å².